The van der Waals surface area contributed by atoms with Gasteiger partial charge in [0.05, 0.1) is 12.2 Å². The fraction of sp³-hybridized carbons (Fsp3) is 0.0714. The number of carbonyl (C=O) groups is 1. The van der Waals surface area contributed by atoms with Gasteiger partial charge in [-0.2, -0.15) is 0 Å². The lowest BCUT2D eigenvalue weighted by Gasteiger charge is -1.99. The van der Waals surface area contributed by atoms with Crippen LogP contribution in [-0.4, -0.2) is 21.3 Å². The summed E-state index contributed by atoms with van der Waals surface area (Å²) < 4.78 is 1.61. The van der Waals surface area contributed by atoms with Crippen LogP contribution in [0.1, 0.15) is 21.7 Å². The van der Waals surface area contributed by atoms with Gasteiger partial charge < -0.3 is 0 Å². The van der Waals surface area contributed by atoms with E-state index in [4.69, 9.17) is 11.6 Å². The normalized spacial score (nSPS) is 10.8. The van der Waals surface area contributed by atoms with Crippen molar-refractivity contribution in [1.82, 2.24) is 15.0 Å². The monoisotopic (exact) mass is 273 g/mol. The summed E-state index contributed by atoms with van der Waals surface area (Å²) >= 11 is 5.82. The minimum atomic E-state index is 0.312. The first kappa shape index (κ1) is 13.2. The molecule has 0 amide bonds. The van der Waals surface area contributed by atoms with E-state index in [-0.39, 0.29) is 0 Å². The Labute approximate surface area is 116 Å². The van der Waals surface area contributed by atoms with E-state index >= 15 is 0 Å². The molecule has 0 aliphatic rings. The molecule has 1 aromatic heterocycles. The minimum absolute atomic E-state index is 0.312. The zero-order valence-electron chi connectivity index (χ0n) is 10.2. The number of nitrogens with zero attached hydrogens (tertiary/aromatic N) is 3. The van der Waals surface area contributed by atoms with Crippen molar-refractivity contribution in [2.75, 3.05) is 0 Å². The van der Waals surface area contributed by atoms with E-state index in [1.807, 2.05) is 18.2 Å². The Kier molecular flexibility index (Phi) is 4.26. The number of rotatable bonds is 5. The van der Waals surface area contributed by atoms with Crippen LogP contribution in [0.15, 0.2) is 36.9 Å². The highest BCUT2D eigenvalue weighted by Gasteiger charge is 2.07. The molecule has 0 unspecified atom stereocenters. The molecule has 4 nitrogen and oxygen atoms in total. The predicted octanol–water partition coefficient (Wildman–Crippen LogP) is 3.10. The van der Waals surface area contributed by atoms with Gasteiger partial charge >= 0.3 is 0 Å². The molecule has 0 spiro atoms. The molecule has 0 aliphatic carbocycles. The van der Waals surface area contributed by atoms with Gasteiger partial charge in [0.25, 0.3) is 0 Å². The van der Waals surface area contributed by atoms with E-state index in [0.717, 1.165) is 5.56 Å². The van der Waals surface area contributed by atoms with Gasteiger partial charge in [-0.05, 0) is 23.8 Å². The van der Waals surface area contributed by atoms with Crippen molar-refractivity contribution in [3.63, 3.8) is 0 Å². The molecule has 0 aliphatic heterocycles. The Morgan fingerprint density at radius 1 is 1.26 bits per heavy atom. The highest BCUT2D eigenvalue weighted by molar-refractivity contribution is 6.30. The lowest BCUT2D eigenvalue weighted by molar-refractivity contribution is 0.111. The van der Waals surface area contributed by atoms with Gasteiger partial charge in [-0.3, -0.25) is 4.79 Å². The number of hydrogen-bond acceptors (Lipinski definition) is 3. The van der Waals surface area contributed by atoms with Gasteiger partial charge in [0.15, 0.2) is 12.0 Å². The zero-order valence-corrected chi connectivity index (χ0v) is 10.9. The van der Waals surface area contributed by atoms with Gasteiger partial charge in [0, 0.05) is 5.02 Å². The van der Waals surface area contributed by atoms with Crippen LogP contribution < -0.4 is 0 Å². The summed E-state index contributed by atoms with van der Waals surface area (Å²) in [6.07, 6.45) is 6.06. The number of allylic oxidation sites excluding steroid dienone is 1. The molecule has 0 saturated carbocycles. The zero-order chi connectivity index (χ0) is 13.7. The second-order valence-electron chi connectivity index (χ2n) is 3.83. The molecule has 0 bridgehead atoms. The van der Waals surface area contributed by atoms with Crippen molar-refractivity contribution in [2.24, 2.45) is 0 Å². The average molecular weight is 274 g/mol. The topological polar surface area (TPSA) is 47.8 Å². The number of carbonyl (C=O) groups excluding carboxylic acids is 1. The fourth-order valence-corrected chi connectivity index (χ4v) is 1.72. The van der Waals surface area contributed by atoms with E-state index in [0.29, 0.717) is 29.2 Å². The van der Waals surface area contributed by atoms with E-state index in [1.54, 1.807) is 29.0 Å². The maximum Gasteiger partial charge on any atom is 0.172 e. The predicted molar refractivity (Wildman–Crippen MR) is 76.0 cm³/mol. The first-order chi connectivity index (χ1) is 9.24. The van der Waals surface area contributed by atoms with E-state index in [1.165, 1.54) is 0 Å². The first-order valence-electron chi connectivity index (χ1n) is 5.68. The van der Waals surface area contributed by atoms with Crippen molar-refractivity contribution >= 4 is 30.0 Å². The van der Waals surface area contributed by atoms with Crippen LogP contribution >= 0.6 is 11.6 Å². The summed E-state index contributed by atoms with van der Waals surface area (Å²) in [7, 11) is 0. The maximum absolute atomic E-state index is 10.9. The number of hydrogen-bond donors (Lipinski definition) is 0. The van der Waals surface area contributed by atoms with Crippen LogP contribution in [0.4, 0.5) is 0 Å². The minimum Gasteiger partial charge on any atom is -0.296 e. The highest BCUT2D eigenvalue weighted by Crippen LogP contribution is 2.13. The standard InChI is InChI=1S/C14H12ClN3O/c1-2-9-18-14(13(10-19)16-17-18)8-5-11-3-6-12(15)7-4-11/h2-8,10H,1,9H2/b8-5+. The van der Waals surface area contributed by atoms with Crippen LogP contribution in [0.3, 0.4) is 0 Å². The molecule has 1 heterocycles. The largest absolute Gasteiger partial charge is 0.296 e. The van der Waals surface area contributed by atoms with Crippen molar-refractivity contribution in [3.8, 4) is 0 Å². The van der Waals surface area contributed by atoms with Crippen LogP contribution in [0.5, 0.6) is 0 Å². The van der Waals surface area contributed by atoms with Crippen LogP contribution in [0, 0.1) is 0 Å². The molecule has 19 heavy (non-hydrogen) atoms. The molecule has 1 aromatic carbocycles. The van der Waals surface area contributed by atoms with Gasteiger partial charge in [0.1, 0.15) is 0 Å². The van der Waals surface area contributed by atoms with Gasteiger partial charge in [0.2, 0.25) is 0 Å². The van der Waals surface area contributed by atoms with Crippen LogP contribution in [-0.2, 0) is 6.54 Å². The van der Waals surface area contributed by atoms with E-state index in [9.17, 15) is 4.79 Å². The average Bonchev–Trinajstić information content (AvgIpc) is 2.81. The summed E-state index contributed by atoms with van der Waals surface area (Å²) in [4.78, 5) is 10.9. The maximum atomic E-state index is 10.9. The van der Waals surface area contributed by atoms with Crippen LogP contribution in [0.2, 0.25) is 5.02 Å². The second kappa shape index (κ2) is 6.11. The Morgan fingerprint density at radius 3 is 2.63 bits per heavy atom. The summed E-state index contributed by atoms with van der Waals surface area (Å²) in [5.41, 5.74) is 1.95. The number of halogens is 1. The summed E-state index contributed by atoms with van der Waals surface area (Å²) in [5, 5.41) is 8.38. The van der Waals surface area contributed by atoms with E-state index in [2.05, 4.69) is 16.9 Å². The summed E-state index contributed by atoms with van der Waals surface area (Å²) in [6, 6.07) is 7.39. The Balaban J connectivity index is 2.30. The summed E-state index contributed by atoms with van der Waals surface area (Å²) in [5.74, 6) is 0. The molecule has 0 saturated heterocycles. The highest BCUT2D eigenvalue weighted by atomic mass is 35.5. The molecule has 5 heteroatoms. The molecule has 0 N–H and O–H groups in total. The first-order valence-corrected chi connectivity index (χ1v) is 6.05. The third-order valence-electron chi connectivity index (χ3n) is 2.52. The Bertz CT molecular complexity index is 614. The van der Waals surface area contributed by atoms with Gasteiger partial charge in [-0.15, -0.1) is 11.7 Å². The molecule has 2 aromatic rings. The molecular weight excluding hydrogens is 262 g/mol. The van der Waals surface area contributed by atoms with Crippen molar-refractivity contribution in [2.45, 2.75) is 6.54 Å². The second-order valence-corrected chi connectivity index (χ2v) is 4.27. The number of aromatic nitrogens is 3. The molecule has 2 rings (SSSR count). The van der Waals surface area contributed by atoms with Gasteiger partial charge in [-0.1, -0.05) is 41.1 Å². The SMILES string of the molecule is C=CCn1nnc(C=O)c1/C=C/c1ccc(Cl)cc1. The van der Waals surface area contributed by atoms with Crippen molar-refractivity contribution in [3.05, 3.63) is 58.9 Å². The summed E-state index contributed by atoms with van der Waals surface area (Å²) in [6.45, 7) is 4.15. The fourth-order valence-electron chi connectivity index (χ4n) is 1.60. The lowest BCUT2D eigenvalue weighted by Crippen LogP contribution is -2.00. The molecule has 96 valence electrons. The smallest absolute Gasteiger partial charge is 0.172 e. The third-order valence-corrected chi connectivity index (χ3v) is 2.77. The van der Waals surface area contributed by atoms with Crippen molar-refractivity contribution in [1.29, 1.82) is 0 Å². The van der Waals surface area contributed by atoms with E-state index < -0.39 is 0 Å². The Hall–Kier alpha value is -2.20. The molecule has 0 atom stereocenters. The molecule has 0 radical (unpaired) electrons. The lowest BCUT2D eigenvalue weighted by atomic mass is 10.2. The molecular formula is C14H12ClN3O. The van der Waals surface area contributed by atoms with Gasteiger partial charge in [-0.25, -0.2) is 4.68 Å². The van der Waals surface area contributed by atoms with Crippen molar-refractivity contribution < 1.29 is 4.79 Å². The Morgan fingerprint density at radius 2 is 2.00 bits per heavy atom. The number of aldehydes is 1. The number of benzene rings is 1. The quantitative estimate of drug-likeness (QED) is 0.621. The van der Waals surface area contributed by atoms with Crippen LogP contribution in [0.25, 0.3) is 12.2 Å². The molecule has 0 fully saturated rings. The third kappa shape index (κ3) is 3.17.